The molecule has 2 aliphatic heterocycles. The zero-order valence-electron chi connectivity index (χ0n) is 19.0. The lowest BCUT2D eigenvalue weighted by Gasteiger charge is -2.34. The number of hydrogen-bond acceptors (Lipinski definition) is 5. The van der Waals surface area contributed by atoms with Crippen molar-refractivity contribution in [2.24, 2.45) is 0 Å². The fourth-order valence-corrected chi connectivity index (χ4v) is 5.70. The Morgan fingerprint density at radius 1 is 0.941 bits per heavy atom. The second-order valence-corrected chi connectivity index (χ2v) is 10.7. The lowest BCUT2D eigenvalue weighted by atomic mass is 9.93. The number of nitrogens with zero attached hydrogens (tertiary/aromatic N) is 3. The minimum Gasteiger partial charge on any atom is -0.338 e. The molecule has 4 amide bonds. The van der Waals surface area contributed by atoms with Crippen LogP contribution in [0.3, 0.4) is 0 Å². The van der Waals surface area contributed by atoms with Gasteiger partial charge in [-0.3, -0.25) is 14.5 Å². The van der Waals surface area contributed by atoms with Crippen LogP contribution >= 0.6 is 0 Å². The molecule has 180 valence electrons. The number of benzene rings is 2. The molecule has 2 aliphatic rings. The van der Waals surface area contributed by atoms with E-state index in [1.807, 2.05) is 30.3 Å². The minimum absolute atomic E-state index is 0.151. The Labute approximate surface area is 199 Å². The van der Waals surface area contributed by atoms with Crippen molar-refractivity contribution in [2.45, 2.75) is 30.2 Å². The van der Waals surface area contributed by atoms with E-state index in [0.29, 0.717) is 12.8 Å². The molecule has 34 heavy (non-hydrogen) atoms. The summed E-state index contributed by atoms with van der Waals surface area (Å²) in [5.74, 6) is -0.806. The van der Waals surface area contributed by atoms with Gasteiger partial charge in [-0.1, -0.05) is 48.5 Å². The van der Waals surface area contributed by atoms with Crippen molar-refractivity contribution < 1.29 is 22.8 Å². The Morgan fingerprint density at radius 2 is 1.53 bits per heavy atom. The van der Waals surface area contributed by atoms with Crippen molar-refractivity contribution in [3.05, 3.63) is 66.2 Å². The van der Waals surface area contributed by atoms with Gasteiger partial charge < -0.3 is 10.2 Å². The molecule has 0 radical (unpaired) electrons. The fraction of sp³-hybridized carbons (Fsp3) is 0.375. The highest BCUT2D eigenvalue weighted by molar-refractivity contribution is 7.89. The summed E-state index contributed by atoms with van der Waals surface area (Å²) >= 11 is 0. The van der Waals surface area contributed by atoms with Gasteiger partial charge in [-0.2, -0.15) is 4.31 Å². The van der Waals surface area contributed by atoms with Crippen molar-refractivity contribution >= 4 is 27.9 Å². The van der Waals surface area contributed by atoms with E-state index in [9.17, 15) is 22.8 Å². The predicted molar refractivity (Wildman–Crippen MR) is 125 cm³/mol. The summed E-state index contributed by atoms with van der Waals surface area (Å²) in [4.78, 5) is 41.0. The van der Waals surface area contributed by atoms with Crippen LogP contribution in [0.5, 0.6) is 0 Å². The molecule has 2 aromatic rings. The van der Waals surface area contributed by atoms with Gasteiger partial charge in [0.1, 0.15) is 12.1 Å². The van der Waals surface area contributed by atoms with Crippen LogP contribution in [-0.4, -0.2) is 78.6 Å². The fourth-order valence-electron chi connectivity index (χ4n) is 4.25. The Balaban J connectivity index is 1.33. The Hall–Kier alpha value is -3.24. The third kappa shape index (κ3) is 4.83. The molecule has 0 aromatic heterocycles. The van der Waals surface area contributed by atoms with Gasteiger partial charge in [-0.25, -0.2) is 13.2 Å². The zero-order valence-corrected chi connectivity index (χ0v) is 19.8. The molecule has 0 unspecified atom stereocenters. The maximum atomic E-state index is 13.0. The lowest BCUT2D eigenvalue weighted by Crippen LogP contribution is -2.53. The number of amides is 4. The standard InChI is InChI=1S/C24H28N4O5S/c1-24(13-12-19-8-4-2-5-9-19)22(30)28(23(31)25-24)18-21(29)26-14-16-27(17-15-26)34(32,33)20-10-6-3-7-11-20/h2-11H,12-18H2,1H3,(H,25,31)/t24-/m1/s1. The summed E-state index contributed by atoms with van der Waals surface area (Å²) in [6, 6.07) is 17.3. The molecule has 1 atom stereocenters. The van der Waals surface area contributed by atoms with Crippen LogP contribution in [-0.2, 0) is 26.0 Å². The molecule has 2 aromatic carbocycles. The number of aryl methyl sites for hydroxylation is 1. The van der Waals surface area contributed by atoms with Gasteiger partial charge in [0.05, 0.1) is 4.90 Å². The first-order valence-electron chi connectivity index (χ1n) is 11.2. The smallest absolute Gasteiger partial charge is 0.325 e. The first-order valence-corrected chi connectivity index (χ1v) is 12.7. The van der Waals surface area contributed by atoms with Crippen LogP contribution in [0.25, 0.3) is 0 Å². The average Bonchev–Trinajstić information content (AvgIpc) is 3.07. The number of sulfonamides is 1. The van der Waals surface area contributed by atoms with E-state index >= 15 is 0 Å². The largest absolute Gasteiger partial charge is 0.338 e. The van der Waals surface area contributed by atoms with Crippen molar-refractivity contribution in [1.29, 1.82) is 0 Å². The van der Waals surface area contributed by atoms with Crippen LogP contribution < -0.4 is 5.32 Å². The summed E-state index contributed by atoms with van der Waals surface area (Å²) in [5, 5.41) is 2.73. The minimum atomic E-state index is -3.63. The number of nitrogens with one attached hydrogen (secondary N) is 1. The Bertz CT molecular complexity index is 1160. The topological polar surface area (TPSA) is 107 Å². The van der Waals surface area contributed by atoms with E-state index in [4.69, 9.17) is 0 Å². The molecule has 2 saturated heterocycles. The first-order chi connectivity index (χ1) is 16.2. The third-order valence-electron chi connectivity index (χ3n) is 6.37. The number of carbonyl (C=O) groups is 3. The maximum Gasteiger partial charge on any atom is 0.325 e. The average molecular weight is 485 g/mol. The van der Waals surface area contributed by atoms with Gasteiger partial charge in [0.15, 0.2) is 0 Å². The highest BCUT2D eigenvalue weighted by Gasteiger charge is 2.48. The summed E-state index contributed by atoms with van der Waals surface area (Å²) in [7, 11) is -3.63. The highest BCUT2D eigenvalue weighted by Crippen LogP contribution is 2.24. The molecule has 4 rings (SSSR count). The van der Waals surface area contributed by atoms with Gasteiger partial charge >= 0.3 is 6.03 Å². The van der Waals surface area contributed by atoms with E-state index in [1.54, 1.807) is 37.3 Å². The van der Waals surface area contributed by atoms with Gasteiger partial charge in [0.2, 0.25) is 15.9 Å². The molecule has 1 N–H and O–H groups in total. The Kier molecular flexibility index (Phi) is 6.72. The molecule has 10 heteroatoms. The van der Waals surface area contributed by atoms with Crippen LogP contribution in [0.1, 0.15) is 18.9 Å². The Morgan fingerprint density at radius 3 is 2.15 bits per heavy atom. The molecule has 2 fully saturated rings. The second-order valence-electron chi connectivity index (χ2n) is 8.74. The van der Waals surface area contributed by atoms with Crippen LogP contribution in [0.15, 0.2) is 65.6 Å². The summed E-state index contributed by atoms with van der Waals surface area (Å²) < 4.78 is 26.9. The van der Waals surface area contributed by atoms with Crippen molar-refractivity contribution in [1.82, 2.24) is 19.4 Å². The molecule has 2 heterocycles. The number of imide groups is 1. The van der Waals surface area contributed by atoms with Gasteiger partial charge in [0.25, 0.3) is 5.91 Å². The monoisotopic (exact) mass is 484 g/mol. The van der Waals surface area contributed by atoms with E-state index in [-0.39, 0.29) is 43.5 Å². The summed E-state index contributed by atoms with van der Waals surface area (Å²) in [6.45, 7) is 2.00. The lowest BCUT2D eigenvalue weighted by molar-refractivity contribution is -0.139. The van der Waals surface area contributed by atoms with Gasteiger partial charge in [0, 0.05) is 26.2 Å². The third-order valence-corrected chi connectivity index (χ3v) is 8.28. The zero-order chi connectivity index (χ0) is 24.3. The first kappa shape index (κ1) is 23.9. The molecule has 0 aliphatic carbocycles. The van der Waals surface area contributed by atoms with E-state index in [0.717, 1.165) is 10.5 Å². The molecule has 0 saturated carbocycles. The molecule has 0 spiro atoms. The van der Waals surface area contributed by atoms with Crippen molar-refractivity contribution in [3.8, 4) is 0 Å². The van der Waals surface area contributed by atoms with Crippen molar-refractivity contribution in [3.63, 3.8) is 0 Å². The SMILES string of the molecule is C[C@]1(CCc2ccccc2)NC(=O)N(CC(=O)N2CCN(S(=O)(=O)c3ccccc3)CC2)C1=O. The maximum absolute atomic E-state index is 13.0. The number of rotatable bonds is 7. The number of urea groups is 1. The molecule has 9 nitrogen and oxygen atoms in total. The molecular formula is C24H28N4O5S. The van der Waals surface area contributed by atoms with Crippen LogP contribution in [0, 0.1) is 0 Å². The van der Waals surface area contributed by atoms with Crippen LogP contribution in [0.2, 0.25) is 0 Å². The second kappa shape index (κ2) is 9.55. The number of carbonyl (C=O) groups excluding carboxylic acids is 3. The van der Waals surface area contributed by atoms with Crippen LogP contribution in [0.4, 0.5) is 4.79 Å². The summed E-state index contributed by atoms with van der Waals surface area (Å²) in [5.41, 5.74) is -0.0148. The normalized spacial score (nSPS) is 21.6. The van der Waals surface area contributed by atoms with E-state index in [1.165, 1.54) is 9.21 Å². The van der Waals surface area contributed by atoms with Gasteiger partial charge in [-0.15, -0.1) is 0 Å². The molecular weight excluding hydrogens is 456 g/mol. The molecule has 0 bridgehead atoms. The quantitative estimate of drug-likeness (QED) is 0.599. The highest BCUT2D eigenvalue weighted by atomic mass is 32.2. The number of piperazine rings is 1. The predicted octanol–water partition coefficient (Wildman–Crippen LogP) is 1.46. The van der Waals surface area contributed by atoms with Gasteiger partial charge in [-0.05, 0) is 37.5 Å². The van der Waals surface area contributed by atoms with Crippen molar-refractivity contribution in [2.75, 3.05) is 32.7 Å². The van der Waals surface area contributed by atoms with E-state index in [2.05, 4.69) is 5.32 Å². The number of hydrogen-bond donors (Lipinski definition) is 1. The summed E-state index contributed by atoms with van der Waals surface area (Å²) in [6.07, 6.45) is 1.03. The van der Waals surface area contributed by atoms with E-state index < -0.39 is 27.5 Å².